The van der Waals surface area contributed by atoms with Crippen LogP contribution in [0, 0.1) is 5.41 Å². The fourth-order valence-corrected chi connectivity index (χ4v) is 3.02. The minimum Gasteiger partial charge on any atom is -0.434 e. The van der Waals surface area contributed by atoms with Crippen LogP contribution in [0.5, 0.6) is 5.75 Å². The van der Waals surface area contributed by atoms with E-state index in [0.29, 0.717) is 18.7 Å². The Bertz CT molecular complexity index is 434. The molecule has 0 amide bonds. The summed E-state index contributed by atoms with van der Waals surface area (Å²) in [5.41, 5.74) is 0.651. The molecule has 2 N–H and O–H groups in total. The number of aliphatic hydroxyl groups excluding tert-OH is 1. The number of nitrogens with one attached hydrogen (secondary N) is 1. The minimum atomic E-state index is -2.81. The van der Waals surface area contributed by atoms with Crippen LogP contribution in [0.1, 0.15) is 37.7 Å². The number of rotatable bonds is 7. The van der Waals surface area contributed by atoms with Crippen molar-refractivity contribution in [1.82, 2.24) is 5.32 Å². The van der Waals surface area contributed by atoms with Gasteiger partial charge in [0.15, 0.2) is 0 Å². The molecular weight excluding hydrogens is 276 g/mol. The number of benzene rings is 1. The van der Waals surface area contributed by atoms with Gasteiger partial charge in [0.25, 0.3) is 0 Å². The lowest BCUT2D eigenvalue weighted by Crippen LogP contribution is -2.38. The quantitative estimate of drug-likeness (QED) is 0.811. The third-order valence-electron chi connectivity index (χ3n) is 4.25. The van der Waals surface area contributed by atoms with Crippen molar-refractivity contribution in [3.63, 3.8) is 0 Å². The highest BCUT2D eigenvalue weighted by Gasteiger charge is 2.30. The van der Waals surface area contributed by atoms with Crippen molar-refractivity contribution in [3.8, 4) is 5.75 Å². The van der Waals surface area contributed by atoms with Gasteiger partial charge in [0, 0.05) is 30.7 Å². The number of hydrogen-bond acceptors (Lipinski definition) is 3. The largest absolute Gasteiger partial charge is 0.434 e. The predicted octanol–water partition coefficient (Wildman–Crippen LogP) is 3.32. The molecule has 0 aromatic heterocycles. The number of alkyl halides is 2. The van der Waals surface area contributed by atoms with Gasteiger partial charge in [-0.25, -0.2) is 0 Å². The Balaban J connectivity index is 1.90. The summed E-state index contributed by atoms with van der Waals surface area (Å²) in [6.45, 7) is -1.47. The molecule has 3 nitrogen and oxygen atoms in total. The van der Waals surface area contributed by atoms with E-state index < -0.39 is 6.61 Å². The van der Waals surface area contributed by atoms with Crippen molar-refractivity contribution in [2.24, 2.45) is 5.41 Å². The van der Waals surface area contributed by atoms with Gasteiger partial charge >= 0.3 is 6.61 Å². The Kier molecular flexibility index (Phi) is 5.94. The summed E-state index contributed by atoms with van der Waals surface area (Å²) >= 11 is 0. The van der Waals surface area contributed by atoms with Gasteiger partial charge in [-0.15, -0.1) is 0 Å². The average molecular weight is 299 g/mol. The number of aliphatic hydroxyl groups is 1. The monoisotopic (exact) mass is 299 g/mol. The van der Waals surface area contributed by atoms with Crippen LogP contribution >= 0.6 is 0 Å². The van der Waals surface area contributed by atoms with E-state index in [1.807, 2.05) is 0 Å². The first-order valence-electron chi connectivity index (χ1n) is 7.49. The van der Waals surface area contributed by atoms with Gasteiger partial charge < -0.3 is 15.2 Å². The molecule has 1 aromatic carbocycles. The molecule has 0 aliphatic heterocycles. The van der Waals surface area contributed by atoms with Crippen LogP contribution in [0.25, 0.3) is 0 Å². The molecule has 0 saturated heterocycles. The van der Waals surface area contributed by atoms with Crippen LogP contribution in [0.4, 0.5) is 8.78 Å². The standard InChI is InChI=1S/C16H23F2NO2/c17-15(18)21-14-7-3-2-6-13(14)10-19-11-16(12-20)8-4-1-5-9-16/h2-3,6-7,15,19-20H,1,4-5,8-12H2. The zero-order valence-electron chi connectivity index (χ0n) is 12.2. The minimum absolute atomic E-state index is 0.0588. The van der Waals surface area contributed by atoms with E-state index in [1.165, 1.54) is 6.42 Å². The van der Waals surface area contributed by atoms with Crippen molar-refractivity contribution >= 4 is 0 Å². The molecule has 5 heteroatoms. The van der Waals surface area contributed by atoms with Crippen molar-refractivity contribution < 1.29 is 18.6 Å². The summed E-state index contributed by atoms with van der Waals surface area (Å²) in [6.07, 6.45) is 5.56. The number of halogens is 2. The molecule has 0 unspecified atom stereocenters. The van der Waals surface area contributed by atoms with E-state index in [-0.39, 0.29) is 17.8 Å². The van der Waals surface area contributed by atoms with Crippen LogP contribution in [0.2, 0.25) is 0 Å². The topological polar surface area (TPSA) is 41.5 Å². The van der Waals surface area contributed by atoms with E-state index in [0.717, 1.165) is 25.7 Å². The molecule has 0 spiro atoms. The third kappa shape index (κ3) is 4.64. The van der Waals surface area contributed by atoms with Gasteiger partial charge in [0.1, 0.15) is 5.75 Å². The highest BCUT2D eigenvalue weighted by Crippen LogP contribution is 2.35. The fraction of sp³-hybridized carbons (Fsp3) is 0.625. The Morgan fingerprint density at radius 3 is 2.57 bits per heavy atom. The highest BCUT2D eigenvalue weighted by atomic mass is 19.3. The molecule has 0 atom stereocenters. The molecule has 1 fully saturated rings. The molecule has 0 heterocycles. The van der Waals surface area contributed by atoms with Gasteiger partial charge in [0.05, 0.1) is 0 Å². The molecular formula is C16H23F2NO2. The first-order valence-corrected chi connectivity index (χ1v) is 7.49. The summed E-state index contributed by atoms with van der Waals surface area (Å²) in [7, 11) is 0. The second-order valence-corrected chi connectivity index (χ2v) is 5.81. The molecule has 21 heavy (non-hydrogen) atoms. The van der Waals surface area contributed by atoms with E-state index >= 15 is 0 Å². The fourth-order valence-electron chi connectivity index (χ4n) is 3.02. The maximum Gasteiger partial charge on any atom is 0.387 e. The Morgan fingerprint density at radius 2 is 1.90 bits per heavy atom. The lowest BCUT2D eigenvalue weighted by Gasteiger charge is -2.35. The summed E-state index contributed by atoms with van der Waals surface area (Å²) in [6, 6.07) is 6.80. The maximum atomic E-state index is 12.4. The molecule has 1 aliphatic rings. The average Bonchev–Trinajstić information content (AvgIpc) is 2.49. The summed E-state index contributed by atoms with van der Waals surface area (Å²) in [5, 5.41) is 12.9. The van der Waals surface area contributed by atoms with Crippen LogP contribution in [-0.4, -0.2) is 24.9 Å². The molecule has 1 aromatic rings. The highest BCUT2D eigenvalue weighted by molar-refractivity contribution is 5.33. The molecule has 1 saturated carbocycles. The zero-order chi connectivity index (χ0) is 15.1. The molecule has 0 radical (unpaired) electrons. The normalized spacial score (nSPS) is 17.9. The van der Waals surface area contributed by atoms with E-state index in [2.05, 4.69) is 10.1 Å². The van der Waals surface area contributed by atoms with Crippen LogP contribution in [0.15, 0.2) is 24.3 Å². The van der Waals surface area contributed by atoms with E-state index in [1.54, 1.807) is 24.3 Å². The molecule has 2 rings (SSSR count). The number of ether oxygens (including phenoxy) is 1. The molecule has 118 valence electrons. The molecule has 1 aliphatic carbocycles. The van der Waals surface area contributed by atoms with Crippen LogP contribution < -0.4 is 10.1 Å². The Labute approximate surface area is 124 Å². The summed E-state index contributed by atoms with van der Waals surface area (Å²) in [4.78, 5) is 0. The third-order valence-corrected chi connectivity index (χ3v) is 4.25. The van der Waals surface area contributed by atoms with E-state index in [4.69, 9.17) is 0 Å². The second kappa shape index (κ2) is 7.71. The van der Waals surface area contributed by atoms with Gasteiger partial charge in [-0.3, -0.25) is 0 Å². The SMILES string of the molecule is OCC1(CNCc2ccccc2OC(F)F)CCCCC1. The van der Waals surface area contributed by atoms with Gasteiger partial charge in [-0.2, -0.15) is 8.78 Å². The van der Waals surface area contributed by atoms with Crippen molar-refractivity contribution in [1.29, 1.82) is 0 Å². The second-order valence-electron chi connectivity index (χ2n) is 5.81. The van der Waals surface area contributed by atoms with Gasteiger partial charge in [-0.05, 0) is 18.9 Å². The Hall–Kier alpha value is -1.20. The Morgan fingerprint density at radius 1 is 1.19 bits per heavy atom. The van der Waals surface area contributed by atoms with Crippen molar-refractivity contribution in [2.45, 2.75) is 45.3 Å². The van der Waals surface area contributed by atoms with Crippen LogP contribution in [-0.2, 0) is 6.54 Å². The van der Waals surface area contributed by atoms with Crippen molar-refractivity contribution in [2.75, 3.05) is 13.2 Å². The van der Waals surface area contributed by atoms with E-state index in [9.17, 15) is 13.9 Å². The molecule has 0 bridgehead atoms. The summed E-state index contributed by atoms with van der Waals surface area (Å²) < 4.78 is 29.2. The van der Waals surface area contributed by atoms with Crippen LogP contribution in [0.3, 0.4) is 0 Å². The maximum absolute atomic E-state index is 12.4. The van der Waals surface area contributed by atoms with Crippen molar-refractivity contribution in [3.05, 3.63) is 29.8 Å². The number of para-hydroxylation sites is 1. The number of hydrogen-bond donors (Lipinski definition) is 2. The first-order chi connectivity index (χ1) is 10.2. The van der Waals surface area contributed by atoms with Gasteiger partial charge in [0.2, 0.25) is 0 Å². The summed E-state index contributed by atoms with van der Waals surface area (Å²) in [5.74, 6) is 0.210. The smallest absolute Gasteiger partial charge is 0.387 e. The zero-order valence-corrected chi connectivity index (χ0v) is 12.2. The van der Waals surface area contributed by atoms with Gasteiger partial charge in [-0.1, -0.05) is 37.5 Å². The first kappa shape index (κ1) is 16.2. The lowest BCUT2D eigenvalue weighted by molar-refractivity contribution is -0.0505. The predicted molar refractivity (Wildman–Crippen MR) is 77.4 cm³/mol. The lowest BCUT2D eigenvalue weighted by atomic mass is 9.74.